The number of carbonyl (C=O) groups excluding carboxylic acids is 1. The van der Waals surface area contributed by atoms with Gasteiger partial charge < -0.3 is 9.64 Å². The van der Waals surface area contributed by atoms with Crippen molar-refractivity contribution in [1.29, 1.82) is 0 Å². The number of nitrogens with zero attached hydrogens (tertiary/aromatic N) is 1. The quantitative estimate of drug-likeness (QED) is 0.841. The molecule has 5 fully saturated rings. The van der Waals surface area contributed by atoms with Crippen LogP contribution in [-0.2, 0) is 16.0 Å². The minimum atomic E-state index is -0.0105. The number of ether oxygens (including phenoxy) is 1. The summed E-state index contributed by atoms with van der Waals surface area (Å²) in [6, 6.07) is 10.5. The first-order valence-electron chi connectivity index (χ1n) is 10.2. The van der Waals surface area contributed by atoms with Crippen molar-refractivity contribution in [3.05, 3.63) is 35.9 Å². The fourth-order valence-electron chi connectivity index (χ4n) is 6.61. The normalized spacial score (nSPS) is 39.6. The Balaban J connectivity index is 1.29. The first kappa shape index (κ1) is 15.9. The van der Waals surface area contributed by atoms with Crippen LogP contribution in [0.15, 0.2) is 30.3 Å². The smallest absolute Gasteiger partial charge is 0.228 e. The molecular formula is C22H29NO2. The largest absolute Gasteiger partial charge is 0.374 e. The molecule has 0 radical (unpaired) electrons. The Labute approximate surface area is 150 Å². The van der Waals surface area contributed by atoms with Crippen LogP contribution >= 0.6 is 0 Å². The summed E-state index contributed by atoms with van der Waals surface area (Å²) in [5.74, 6) is 2.96. The van der Waals surface area contributed by atoms with Gasteiger partial charge in [-0.1, -0.05) is 30.3 Å². The van der Waals surface area contributed by atoms with Crippen LogP contribution in [0, 0.1) is 23.2 Å². The molecule has 0 spiro atoms. The third-order valence-corrected chi connectivity index (χ3v) is 7.22. The molecule has 3 heteroatoms. The van der Waals surface area contributed by atoms with Crippen molar-refractivity contribution >= 4 is 5.91 Å². The Bertz CT molecular complexity index is 605. The zero-order valence-corrected chi connectivity index (χ0v) is 15.0. The summed E-state index contributed by atoms with van der Waals surface area (Å²) in [5, 5.41) is 0. The summed E-state index contributed by atoms with van der Waals surface area (Å²) in [6.07, 6.45) is 8.74. The number of amides is 1. The molecule has 4 saturated carbocycles. The fraction of sp³-hybridized carbons (Fsp3) is 0.682. The Hall–Kier alpha value is -1.35. The molecule has 0 unspecified atom stereocenters. The van der Waals surface area contributed by atoms with Crippen molar-refractivity contribution in [2.75, 3.05) is 19.7 Å². The Morgan fingerprint density at radius 3 is 2.32 bits per heavy atom. The van der Waals surface area contributed by atoms with Crippen molar-refractivity contribution < 1.29 is 9.53 Å². The summed E-state index contributed by atoms with van der Waals surface area (Å²) in [4.78, 5) is 15.7. The lowest BCUT2D eigenvalue weighted by atomic mass is 9.49. The number of benzene rings is 1. The van der Waals surface area contributed by atoms with Crippen LogP contribution in [-0.4, -0.2) is 36.6 Å². The predicted octanol–water partition coefficient (Wildman–Crippen LogP) is 3.67. The average Bonchev–Trinajstić information content (AvgIpc) is 2.61. The maximum absolute atomic E-state index is 13.5. The number of carbonyl (C=O) groups is 1. The van der Waals surface area contributed by atoms with Crippen LogP contribution in [0.1, 0.15) is 44.1 Å². The predicted molar refractivity (Wildman–Crippen MR) is 97.1 cm³/mol. The Morgan fingerprint density at radius 2 is 1.68 bits per heavy atom. The first-order valence-corrected chi connectivity index (χ1v) is 10.2. The summed E-state index contributed by atoms with van der Waals surface area (Å²) < 4.78 is 5.99. The molecule has 1 aromatic carbocycles. The van der Waals surface area contributed by atoms with E-state index in [4.69, 9.17) is 4.74 Å². The molecule has 1 saturated heterocycles. The molecule has 25 heavy (non-hydrogen) atoms. The van der Waals surface area contributed by atoms with Gasteiger partial charge in [0.05, 0.1) is 18.1 Å². The highest BCUT2D eigenvalue weighted by Crippen LogP contribution is 2.60. The summed E-state index contributed by atoms with van der Waals surface area (Å²) >= 11 is 0. The minimum absolute atomic E-state index is 0.0105. The van der Waals surface area contributed by atoms with E-state index in [-0.39, 0.29) is 11.5 Å². The first-order chi connectivity index (χ1) is 12.2. The van der Waals surface area contributed by atoms with Gasteiger partial charge in [-0.05, 0) is 61.8 Å². The van der Waals surface area contributed by atoms with E-state index in [1.807, 2.05) is 6.07 Å². The molecule has 6 rings (SSSR count). The van der Waals surface area contributed by atoms with Gasteiger partial charge in [-0.15, -0.1) is 0 Å². The minimum Gasteiger partial charge on any atom is -0.374 e. The third kappa shape index (κ3) is 2.91. The lowest BCUT2D eigenvalue weighted by Gasteiger charge is -2.57. The molecule has 1 heterocycles. The van der Waals surface area contributed by atoms with E-state index >= 15 is 0 Å². The Morgan fingerprint density at radius 1 is 1.04 bits per heavy atom. The highest BCUT2D eigenvalue weighted by atomic mass is 16.5. The molecule has 1 atom stereocenters. The van der Waals surface area contributed by atoms with Gasteiger partial charge >= 0.3 is 0 Å². The standard InChI is InChI=1S/C22H29NO2/c24-21(22-12-17-8-18(13-22)10-19(9-17)14-22)23-6-7-25-20(15-23)11-16-4-2-1-3-5-16/h1-5,17-20H,6-15H2/t17?,18?,19?,20-,22?/m0/s1. The lowest BCUT2D eigenvalue weighted by molar-refractivity contribution is -0.164. The molecule has 1 aliphatic heterocycles. The van der Waals surface area contributed by atoms with E-state index < -0.39 is 0 Å². The molecular weight excluding hydrogens is 310 g/mol. The van der Waals surface area contributed by atoms with Crippen LogP contribution in [0.3, 0.4) is 0 Å². The zero-order valence-electron chi connectivity index (χ0n) is 15.0. The molecule has 5 aliphatic rings. The second kappa shape index (κ2) is 6.12. The zero-order chi connectivity index (χ0) is 16.9. The van der Waals surface area contributed by atoms with Crippen molar-refractivity contribution in [1.82, 2.24) is 4.90 Å². The number of hydrogen-bond acceptors (Lipinski definition) is 2. The van der Waals surface area contributed by atoms with Gasteiger partial charge in [-0.2, -0.15) is 0 Å². The second-order valence-electron chi connectivity index (χ2n) is 9.13. The van der Waals surface area contributed by atoms with Crippen LogP contribution < -0.4 is 0 Å². The van der Waals surface area contributed by atoms with E-state index in [1.165, 1.54) is 44.1 Å². The average molecular weight is 339 g/mol. The SMILES string of the molecule is O=C(N1CCO[C@@H](Cc2ccccc2)C1)C12CC3CC(CC(C3)C1)C2. The number of hydrogen-bond donors (Lipinski definition) is 0. The van der Waals surface area contributed by atoms with E-state index in [9.17, 15) is 4.79 Å². The fourth-order valence-corrected chi connectivity index (χ4v) is 6.61. The van der Waals surface area contributed by atoms with Crippen molar-refractivity contribution in [3.8, 4) is 0 Å². The molecule has 1 aromatic rings. The van der Waals surface area contributed by atoms with Crippen molar-refractivity contribution in [2.24, 2.45) is 23.2 Å². The topological polar surface area (TPSA) is 29.5 Å². The summed E-state index contributed by atoms with van der Waals surface area (Å²) in [6.45, 7) is 2.25. The number of rotatable bonds is 3. The van der Waals surface area contributed by atoms with E-state index in [2.05, 4.69) is 29.2 Å². The highest BCUT2D eigenvalue weighted by molar-refractivity contribution is 5.83. The van der Waals surface area contributed by atoms with Crippen LogP contribution in [0.2, 0.25) is 0 Å². The van der Waals surface area contributed by atoms with E-state index in [0.717, 1.165) is 37.3 Å². The maximum atomic E-state index is 13.5. The lowest BCUT2D eigenvalue weighted by Crippen LogP contribution is -2.57. The molecule has 4 aliphatic carbocycles. The molecule has 4 bridgehead atoms. The molecule has 0 N–H and O–H groups in total. The van der Waals surface area contributed by atoms with Gasteiger partial charge in [0, 0.05) is 19.5 Å². The van der Waals surface area contributed by atoms with Gasteiger partial charge in [0.2, 0.25) is 5.91 Å². The van der Waals surface area contributed by atoms with Crippen molar-refractivity contribution in [2.45, 2.75) is 51.0 Å². The van der Waals surface area contributed by atoms with Crippen molar-refractivity contribution in [3.63, 3.8) is 0 Å². The second-order valence-corrected chi connectivity index (χ2v) is 9.13. The Kier molecular flexibility index (Phi) is 3.89. The van der Waals surface area contributed by atoms with Gasteiger partial charge in [-0.25, -0.2) is 0 Å². The van der Waals surface area contributed by atoms with Gasteiger partial charge in [0.1, 0.15) is 0 Å². The summed E-state index contributed by atoms with van der Waals surface area (Å²) in [5.41, 5.74) is 1.29. The monoisotopic (exact) mass is 339 g/mol. The van der Waals surface area contributed by atoms with Crippen LogP contribution in [0.5, 0.6) is 0 Å². The molecule has 3 nitrogen and oxygen atoms in total. The maximum Gasteiger partial charge on any atom is 0.228 e. The van der Waals surface area contributed by atoms with Crippen LogP contribution in [0.25, 0.3) is 0 Å². The van der Waals surface area contributed by atoms with Crippen LogP contribution in [0.4, 0.5) is 0 Å². The van der Waals surface area contributed by atoms with Gasteiger partial charge in [0.25, 0.3) is 0 Å². The van der Waals surface area contributed by atoms with Gasteiger partial charge in [0.15, 0.2) is 0 Å². The molecule has 1 amide bonds. The highest BCUT2D eigenvalue weighted by Gasteiger charge is 2.55. The molecule has 134 valence electrons. The third-order valence-electron chi connectivity index (χ3n) is 7.22. The molecule has 0 aromatic heterocycles. The summed E-state index contributed by atoms with van der Waals surface area (Å²) in [7, 11) is 0. The van der Waals surface area contributed by atoms with E-state index in [0.29, 0.717) is 12.5 Å². The number of morpholine rings is 1. The van der Waals surface area contributed by atoms with E-state index in [1.54, 1.807) is 0 Å². The van der Waals surface area contributed by atoms with Gasteiger partial charge in [-0.3, -0.25) is 4.79 Å².